The summed E-state index contributed by atoms with van der Waals surface area (Å²) in [6.45, 7) is -0.225. The number of thiophene rings is 1. The maximum Gasteiger partial charge on any atom is 0.433 e. The fourth-order valence-electron chi connectivity index (χ4n) is 3.97. The van der Waals surface area contributed by atoms with E-state index < -0.39 is 29.4 Å². The van der Waals surface area contributed by atoms with Crippen LogP contribution in [0.15, 0.2) is 16.6 Å². The molecule has 11 heteroatoms. The summed E-state index contributed by atoms with van der Waals surface area (Å²) in [6.07, 6.45) is -0.355. The average molecular weight is 484 g/mol. The van der Waals surface area contributed by atoms with E-state index in [1.165, 1.54) is 11.3 Å². The Bertz CT molecular complexity index is 1030. The van der Waals surface area contributed by atoms with Crippen LogP contribution in [0.4, 0.5) is 18.2 Å². The van der Waals surface area contributed by atoms with E-state index in [0.717, 1.165) is 35.8 Å². The second-order valence-electron chi connectivity index (χ2n) is 7.96. The lowest BCUT2D eigenvalue weighted by Gasteiger charge is -2.13. The Hall–Kier alpha value is -2.66. The molecule has 1 aromatic rings. The van der Waals surface area contributed by atoms with Crippen LogP contribution in [0, 0.1) is 5.41 Å². The summed E-state index contributed by atoms with van der Waals surface area (Å²) in [7, 11) is 0. The van der Waals surface area contributed by atoms with Crippen LogP contribution in [0.25, 0.3) is 0 Å². The Balaban J connectivity index is 1.71. The normalized spacial score (nSPS) is 17.8. The third-order valence-corrected chi connectivity index (χ3v) is 6.70. The summed E-state index contributed by atoms with van der Waals surface area (Å²) in [5.41, 5.74) is -0.374. The monoisotopic (exact) mass is 483 g/mol. The fourth-order valence-corrected chi connectivity index (χ4v) is 5.29. The number of nitrogens with zero attached hydrogens (tertiary/aromatic N) is 1. The number of hydrogen-bond donors (Lipinski definition) is 3. The molecule has 2 heterocycles. The van der Waals surface area contributed by atoms with Crippen molar-refractivity contribution in [2.45, 2.75) is 63.6 Å². The number of aliphatic hydroxyl groups is 1. The molecule has 0 aromatic carbocycles. The van der Waals surface area contributed by atoms with E-state index in [1.807, 2.05) is 0 Å². The first-order valence-electron chi connectivity index (χ1n) is 10.6. The fraction of sp³-hybridized carbons (Fsp3) is 0.500. The van der Waals surface area contributed by atoms with Gasteiger partial charge in [0.25, 0.3) is 0 Å². The number of halogens is 3. The van der Waals surface area contributed by atoms with Crippen molar-refractivity contribution in [1.82, 2.24) is 0 Å². The number of carbonyl (C=O) groups excluding carboxylic acids is 3. The molecular weight excluding hydrogens is 459 g/mol. The highest BCUT2D eigenvalue weighted by molar-refractivity contribution is 7.17. The van der Waals surface area contributed by atoms with Gasteiger partial charge in [-0.1, -0.05) is 0 Å². The number of allylic oxidation sites excluding steroid dienone is 1. The molecule has 0 saturated heterocycles. The molecule has 2 aliphatic rings. The van der Waals surface area contributed by atoms with Crippen LogP contribution in [0.3, 0.4) is 0 Å². The summed E-state index contributed by atoms with van der Waals surface area (Å²) in [5.74, 6) is -0.762. The van der Waals surface area contributed by atoms with Gasteiger partial charge in [0, 0.05) is 42.0 Å². The quantitative estimate of drug-likeness (QED) is 0.266. The molecule has 7 nitrogen and oxygen atoms in total. The van der Waals surface area contributed by atoms with Crippen LogP contribution in [0.5, 0.6) is 0 Å². The van der Waals surface area contributed by atoms with Crippen LogP contribution in [0.1, 0.15) is 59.3 Å². The van der Waals surface area contributed by atoms with Gasteiger partial charge in [0.2, 0.25) is 5.91 Å². The Morgan fingerprint density at radius 2 is 2.00 bits per heavy atom. The number of aldehydes is 1. The number of aliphatic hydroxyl groups excluding tert-OH is 1. The van der Waals surface area contributed by atoms with E-state index in [1.54, 1.807) is 0 Å². The maximum absolute atomic E-state index is 13.0. The lowest BCUT2D eigenvalue weighted by molar-refractivity contribution is -0.116. The first-order chi connectivity index (χ1) is 15.6. The van der Waals surface area contributed by atoms with Gasteiger partial charge in [-0.15, -0.1) is 11.3 Å². The summed E-state index contributed by atoms with van der Waals surface area (Å²) in [5, 5.41) is 19.9. The molecule has 1 aromatic heterocycles. The zero-order valence-electron chi connectivity index (χ0n) is 17.8. The summed E-state index contributed by atoms with van der Waals surface area (Å²) < 4.78 is 38.9. The minimum atomic E-state index is -4.74. The second-order valence-corrected chi connectivity index (χ2v) is 9.07. The molecule has 0 saturated carbocycles. The summed E-state index contributed by atoms with van der Waals surface area (Å²) in [6, 6.07) is -0.927. The highest BCUT2D eigenvalue weighted by Gasteiger charge is 2.41. The van der Waals surface area contributed by atoms with Gasteiger partial charge in [-0.3, -0.25) is 19.4 Å². The van der Waals surface area contributed by atoms with E-state index >= 15 is 0 Å². The first-order valence-corrected chi connectivity index (χ1v) is 11.4. The summed E-state index contributed by atoms with van der Waals surface area (Å²) in [4.78, 5) is 40.9. The first kappa shape index (κ1) is 25.0. The molecule has 1 amide bonds. The van der Waals surface area contributed by atoms with E-state index in [-0.39, 0.29) is 50.1 Å². The Kier molecular flexibility index (Phi) is 7.96. The number of aliphatic imine (C=N–C) groups is 1. The summed E-state index contributed by atoms with van der Waals surface area (Å²) >= 11 is 1.32. The minimum Gasteiger partial charge on any atom is -0.396 e. The zero-order chi connectivity index (χ0) is 24.2. The number of nitrogens with one attached hydrogen (secondary N) is 2. The van der Waals surface area contributed by atoms with Crippen molar-refractivity contribution in [2.75, 3.05) is 11.9 Å². The standard InChI is InChI=1S/C22H24F3N3O4S/c23-22(24,25)20-12(11-30)9-14(27-20)5-6-18(32)28-21-19(16(31)10-13(26)7-8-29)15-3-1-2-4-17(15)33-21/h9,11,14,26,29H,1-8,10H2,(H,28,32). The Morgan fingerprint density at radius 1 is 1.27 bits per heavy atom. The molecule has 0 spiro atoms. The lowest BCUT2D eigenvalue weighted by atomic mass is 9.92. The topological polar surface area (TPSA) is 120 Å². The van der Waals surface area contributed by atoms with Crippen molar-refractivity contribution in [3.8, 4) is 0 Å². The number of amides is 1. The van der Waals surface area contributed by atoms with Gasteiger partial charge >= 0.3 is 6.18 Å². The van der Waals surface area contributed by atoms with E-state index in [0.29, 0.717) is 17.0 Å². The molecule has 3 N–H and O–H groups in total. The van der Waals surface area contributed by atoms with Gasteiger partial charge < -0.3 is 15.8 Å². The highest BCUT2D eigenvalue weighted by Crippen LogP contribution is 2.39. The predicted molar refractivity (Wildman–Crippen MR) is 119 cm³/mol. The zero-order valence-corrected chi connectivity index (χ0v) is 18.6. The molecule has 3 rings (SSSR count). The SMILES string of the molecule is N=C(CCO)CC(=O)c1c(NC(=O)CCC2C=C(C=O)C(C(F)(F)F)=N2)sc2c1CCCC2. The van der Waals surface area contributed by atoms with Crippen molar-refractivity contribution in [3.05, 3.63) is 27.7 Å². The third-order valence-electron chi connectivity index (χ3n) is 5.49. The Morgan fingerprint density at radius 3 is 2.64 bits per heavy atom. The number of carbonyl (C=O) groups is 3. The minimum absolute atomic E-state index is 0.0156. The molecule has 0 bridgehead atoms. The lowest BCUT2D eigenvalue weighted by Crippen LogP contribution is -2.24. The van der Waals surface area contributed by atoms with Crippen LogP contribution >= 0.6 is 11.3 Å². The molecule has 0 fully saturated rings. The number of fused-ring (bicyclic) bond motifs is 1. The number of rotatable bonds is 10. The third kappa shape index (κ3) is 6.02. The highest BCUT2D eigenvalue weighted by atomic mass is 32.1. The van der Waals surface area contributed by atoms with Gasteiger partial charge in [-0.05, 0) is 43.7 Å². The van der Waals surface area contributed by atoms with Crippen molar-refractivity contribution >= 4 is 45.7 Å². The smallest absolute Gasteiger partial charge is 0.396 e. The van der Waals surface area contributed by atoms with Gasteiger partial charge in [-0.25, -0.2) is 0 Å². The van der Waals surface area contributed by atoms with Gasteiger partial charge in [0.15, 0.2) is 12.1 Å². The predicted octanol–water partition coefficient (Wildman–Crippen LogP) is 3.83. The average Bonchev–Trinajstić information content (AvgIpc) is 3.33. The molecule has 1 unspecified atom stereocenters. The number of alkyl halides is 3. The van der Waals surface area contributed by atoms with E-state index in [4.69, 9.17) is 10.5 Å². The number of Topliss-reactive ketones (excluding diaryl/α,β-unsaturated/α-hetero) is 1. The van der Waals surface area contributed by atoms with Crippen LogP contribution in [0.2, 0.25) is 0 Å². The molecule has 0 radical (unpaired) electrons. The van der Waals surface area contributed by atoms with Gasteiger partial charge in [-0.2, -0.15) is 13.2 Å². The molecular formula is C22H24F3N3O4S. The van der Waals surface area contributed by atoms with Crippen molar-refractivity contribution in [1.29, 1.82) is 5.41 Å². The number of ketones is 1. The van der Waals surface area contributed by atoms with Crippen molar-refractivity contribution in [2.24, 2.45) is 4.99 Å². The van der Waals surface area contributed by atoms with Crippen LogP contribution < -0.4 is 5.32 Å². The van der Waals surface area contributed by atoms with Gasteiger partial charge in [0.1, 0.15) is 10.7 Å². The van der Waals surface area contributed by atoms with E-state index in [9.17, 15) is 27.6 Å². The van der Waals surface area contributed by atoms with Gasteiger partial charge in [0.05, 0.1) is 11.6 Å². The molecule has 1 atom stereocenters. The molecule has 1 aliphatic carbocycles. The molecule has 33 heavy (non-hydrogen) atoms. The van der Waals surface area contributed by atoms with Crippen molar-refractivity contribution in [3.63, 3.8) is 0 Å². The number of hydrogen-bond acceptors (Lipinski definition) is 7. The second kappa shape index (κ2) is 10.5. The number of aryl methyl sites for hydroxylation is 1. The largest absolute Gasteiger partial charge is 0.433 e. The van der Waals surface area contributed by atoms with Crippen LogP contribution in [-0.4, -0.2) is 53.3 Å². The molecule has 1 aliphatic heterocycles. The Labute approximate surface area is 192 Å². The van der Waals surface area contributed by atoms with Crippen molar-refractivity contribution < 1.29 is 32.7 Å². The molecule has 178 valence electrons. The van der Waals surface area contributed by atoms with E-state index in [2.05, 4.69) is 10.3 Å². The number of anilines is 1. The maximum atomic E-state index is 13.0. The van der Waals surface area contributed by atoms with Crippen LogP contribution in [-0.2, 0) is 22.4 Å².